The molecular weight excluding hydrogens is 316 g/mol. The summed E-state index contributed by atoms with van der Waals surface area (Å²) in [4.78, 5) is 29.0. The molecule has 1 heterocycles. The molecule has 0 spiro atoms. The molecule has 0 aliphatic heterocycles. The first-order valence-corrected chi connectivity index (χ1v) is 8.88. The van der Waals surface area contributed by atoms with Crippen molar-refractivity contribution in [3.05, 3.63) is 24.0 Å². The lowest BCUT2D eigenvalue weighted by atomic mass is 9.65. The minimum atomic E-state index is -0.545. The van der Waals surface area contributed by atoms with Crippen molar-refractivity contribution < 1.29 is 9.59 Å². The van der Waals surface area contributed by atoms with Crippen LogP contribution in [-0.4, -0.2) is 36.9 Å². The fourth-order valence-electron chi connectivity index (χ4n) is 3.78. The molecule has 1 saturated carbocycles. The van der Waals surface area contributed by atoms with Crippen molar-refractivity contribution >= 4 is 17.5 Å². The number of carbonyl (C=O) groups excluding carboxylic acids is 2. The van der Waals surface area contributed by atoms with Gasteiger partial charge >= 0.3 is 0 Å². The van der Waals surface area contributed by atoms with Gasteiger partial charge in [-0.1, -0.05) is 20.8 Å². The zero-order valence-corrected chi connectivity index (χ0v) is 15.9. The molecule has 2 rings (SSSR count). The number of aryl methyl sites for hydroxylation is 1. The summed E-state index contributed by atoms with van der Waals surface area (Å²) in [6.07, 6.45) is 5.02. The van der Waals surface area contributed by atoms with Crippen molar-refractivity contribution in [1.82, 2.24) is 15.6 Å². The standard InChI is InChI=1S/C19H30N4O2/c1-13-12-21-9-7-15(13)22-10-11-23-17(25)19(4)8-6-14(16(24)20-5)18(19,2)3/h7,9,12,14H,6,8,10-11H2,1-5H3,(H,20,24)(H,21,22)(H,23,25)/t14-,19+/m0/s1. The predicted molar refractivity (Wildman–Crippen MR) is 99.2 cm³/mol. The highest BCUT2D eigenvalue weighted by Crippen LogP contribution is 2.56. The molecule has 25 heavy (non-hydrogen) atoms. The topological polar surface area (TPSA) is 83.1 Å². The van der Waals surface area contributed by atoms with Crippen LogP contribution in [0.4, 0.5) is 5.69 Å². The van der Waals surface area contributed by atoms with Crippen molar-refractivity contribution in [1.29, 1.82) is 0 Å². The second kappa shape index (κ2) is 7.42. The molecule has 138 valence electrons. The summed E-state index contributed by atoms with van der Waals surface area (Å²) < 4.78 is 0. The highest BCUT2D eigenvalue weighted by molar-refractivity contribution is 5.87. The molecule has 0 aromatic carbocycles. The Labute approximate surface area is 150 Å². The van der Waals surface area contributed by atoms with E-state index < -0.39 is 5.41 Å². The lowest BCUT2D eigenvalue weighted by Gasteiger charge is -2.39. The number of carbonyl (C=O) groups is 2. The van der Waals surface area contributed by atoms with Gasteiger partial charge in [0, 0.05) is 44.1 Å². The monoisotopic (exact) mass is 346 g/mol. The maximum atomic E-state index is 12.8. The van der Waals surface area contributed by atoms with Crippen LogP contribution in [0.1, 0.15) is 39.2 Å². The highest BCUT2D eigenvalue weighted by Gasteiger charge is 2.57. The average molecular weight is 346 g/mol. The largest absolute Gasteiger partial charge is 0.383 e. The van der Waals surface area contributed by atoms with Gasteiger partial charge in [0.2, 0.25) is 11.8 Å². The van der Waals surface area contributed by atoms with E-state index in [1.807, 2.05) is 40.0 Å². The van der Waals surface area contributed by atoms with E-state index in [4.69, 9.17) is 0 Å². The zero-order chi connectivity index (χ0) is 18.7. The fourth-order valence-corrected chi connectivity index (χ4v) is 3.78. The van der Waals surface area contributed by atoms with Crippen LogP contribution in [0.15, 0.2) is 18.5 Å². The van der Waals surface area contributed by atoms with E-state index in [9.17, 15) is 9.59 Å². The quantitative estimate of drug-likeness (QED) is 0.689. The number of pyridine rings is 1. The van der Waals surface area contributed by atoms with Gasteiger partial charge in [0.15, 0.2) is 0 Å². The van der Waals surface area contributed by atoms with Crippen LogP contribution in [0.3, 0.4) is 0 Å². The molecule has 1 aliphatic carbocycles. The van der Waals surface area contributed by atoms with Crippen LogP contribution >= 0.6 is 0 Å². The van der Waals surface area contributed by atoms with Crippen LogP contribution in [-0.2, 0) is 9.59 Å². The summed E-state index contributed by atoms with van der Waals surface area (Å²) in [5, 5.41) is 9.08. The molecule has 0 saturated heterocycles. The van der Waals surface area contributed by atoms with Crippen molar-refractivity contribution in [3.63, 3.8) is 0 Å². The number of rotatable bonds is 6. The molecule has 1 aliphatic rings. The molecule has 2 atom stereocenters. The number of nitrogens with one attached hydrogen (secondary N) is 3. The molecule has 3 N–H and O–H groups in total. The van der Waals surface area contributed by atoms with Gasteiger partial charge < -0.3 is 16.0 Å². The van der Waals surface area contributed by atoms with Crippen LogP contribution < -0.4 is 16.0 Å². The van der Waals surface area contributed by atoms with Gasteiger partial charge in [0.1, 0.15) is 0 Å². The van der Waals surface area contributed by atoms with Gasteiger partial charge in [-0.3, -0.25) is 14.6 Å². The Morgan fingerprint density at radius 3 is 2.64 bits per heavy atom. The van der Waals surface area contributed by atoms with Crippen molar-refractivity contribution in [2.75, 3.05) is 25.5 Å². The molecule has 2 amide bonds. The summed E-state index contributed by atoms with van der Waals surface area (Å²) in [7, 11) is 1.65. The molecule has 6 nitrogen and oxygen atoms in total. The summed E-state index contributed by atoms with van der Waals surface area (Å²) in [6, 6.07) is 1.92. The van der Waals surface area contributed by atoms with Crippen LogP contribution in [0, 0.1) is 23.7 Å². The Kier molecular flexibility index (Phi) is 5.70. The van der Waals surface area contributed by atoms with Crippen LogP contribution in [0.25, 0.3) is 0 Å². The molecule has 1 fully saturated rings. The van der Waals surface area contributed by atoms with Gasteiger partial charge in [-0.15, -0.1) is 0 Å². The minimum Gasteiger partial charge on any atom is -0.383 e. The first-order chi connectivity index (χ1) is 11.7. The van der Waals surface area contributed by atoms with E-state index >= 15 is 0 Å². The Hall–Kier alpha value is -2.11. The second-order valence-electron chi connectivity index (χ2n) is 7.63. The molecule has 0 radical (unpaired) electrons. The lowest BCUT2D eigenvalue weighted by Crippen LogP contribution is -2.49. The molecule has 6 heteroatoms. The highest BCUT2D eigenvalue weighted by atomic mass is 16.2. The SMILES string of the molecule is CNC(=O)[C@@H]1CC[C@](C)(C(=O)NCCNc2ccncc2C)C1(C)C. The molecular formula is C19H30N4O2. The average Bonchev–Trinajstić information content (AvgIpc) is 2.83. The summed E-state index contributed by atoms with van der Waals surface area (Å²) in [6.45, 7) is 9.21. The van der Waals surface area contributed by atoms with Crippen molar-refractivity contribution in [2.24, 2.45) is 16.7 Å². The molecule has 0 bridgehead atoms. The van der Waals surface area contributed by atoms with Gasteiger partial charge in [-0.25, -0.2) is 0 Å². The van der Waals surface area contributed by atoms with E-state index in [-0.39, 0.29) is 23.1 Å². The fraction of sp³-hybridized carbons (Fsp3) is 0.632. The third-order valence-electron chi connectivity index (χ3n) is 6.04. The maximum absolute atomic E-state index is 12.8. The van der Waals surface area contributed by atoms with E-state index in [1.165, 1.54) is 0 Å². The third-order valence-corrected chi connectivity index (χ3v) is 6.04. The predicted octanol–water partition coefficient (Wildman–Crippen LogP) is 2.11. The Balaban J connectivity index is 1.92. The number of hydrogen-bond acceptors (Lipinski definition) is 4. The van der Waals surface area contributed by atoms with E-state index in [0.29, 0.717) is 13.1 Å². The Bertz CT molecular complexity index is 644. The number of hydrogen-bond donors (Lipinski definition) is 3. The van der Waals surface area contributed by atoms with E-state index in [1.54, 1.807) is 13.2 Å². The van der Waals surface area contributed by atoms with Crippen LogP contribution in [0.5, 0.6) is 0 Å². The van der Waals surface area contributed by atoms with Gasteiger partial charge in [0.25, 0.3) is 0 Å². The van der Waals surface area contributed by atoms with Crippen molar-refractivity contribution in [3.8, 4) is 0 Å². The normalized spacial score (nSPS) is 24.6. The van der Waals surface area contributed by atoms with Gasteiger partial charge in [-0.05, 0) is 36.8 Å². The third kappa shape index (κ3) is 3.62. The summed E-state index contributed by atoms with van der Waals surface area (Å²) in [5.74, 6) is -0.0839. The van der Waals surface area contributed by atoms with Crippen molar-refractivity contribution in [2.45, 2.75) is 40.5 Å². The Morgan fingerprint density at radius 2 is 2.00 bits per heavy atom. The molecule has 1 aromatic heterocycles. The molecule has 1 aromatic rings. The number of nitrogens with zero attached hydrogens (tertiary/aromatic N) is 1. The molecule has 0 unspecified atom stereocenters. The van der Waals surface area contributed by atoms with E-state index in [0.717, 1.165) is 24.1 Å². The van der Waals surface area contributed by atoms with Gasteiger partial charge in [-0.2, -0.15) is 0 Å². The second-order valence-corrected chi connectivity index (χ2v) is 7.63. The lowest BCUT2D eigenvalue weighted by molar-refractivity contribution is -0.138. The zero-order valence-electron chi connectivity index (χ0n) is 15.9. The smallest absolute Gasteiger partial charge is 0.226 e. The Morgan fingerprint density at radius 1 is 1.28 bits per heavy atom. The van der Waals surface area contributed by atoms with Gasteiger partial charge in [0.05, 0.1) is 5.41 Å². The number of aromatic nitrogens is 1. The number of amides is 2. The van der Waals surface area contributed by atoms with E-state index in [2.05, 4.69) is 20.9 Å². The summed E-state index contributed by atoms with van der Waals surface area (Å²) in [5.41, 5.74) is 1.17. The summed E-state index contributed by atoms with van der Waals surface area (Å²) >= 11 is 0. The minimum absolute atomic E-state index is 0.0244. The number of anilines is 1. The first kappa shape index (κ1) is 19.2. The maximum Gasteiger partial charge on any atom is 0.226 e. The van der Waals surface area contributed by atoms with Crippen LogP contribution in [0.2, 0.25) is 0 Å². The first-order valence-electron chi connectivity index (χ1n) is 8.88.